The SMILES string of the molecule is CC(C)C[C@H](NC(=O)[C@@H]1CCCN1C(=O)[C@H](CCC(N)=O)NC(=O)[C@H](Cc1ccccc1)NC(=O)c1ccccc1N)C(=O)N[C@@H](CC(=O)O)C(=O)N[C@@H](CC(=O)N[C@@H]1O[C@H](CO)[C@@H](O[C@@H]2O[C@H](CO)[C@H](O)[C@H](O)[C@H]2O)[C@H](O)[C@H]1O)C(=O)N[C@@H](Cc1ccc(O)c([N+](=O)[O-])c1)C(=O)N[C@@H](CC(=O)O)C(=O)O. The lowest BCUT2D eigenvalue weighted by molar-refractivity contribution is -0.385. The monoisotopic (exact) mass is 1500 g/mol. The smallest absolute Gasteiger partial charge is 0.326 e. The number of ether oxygens (including phenoxy) is 3. The zero-order valence-corrected chi connectivity index (χ0v) is 56.9. The highest BCUT2D eigenvalue weighted by molar-refractivity contribution is 6.03. The number of nitrogens with zero attached hydrogens (tertiary/aromatic N) is 2. The number of benzene rings is 3. The van der Waals surface area contributed by atoms with Crippen LogP contribution in [-0.4, -0.2) is 272 Å². The summed E-state index contributed by atoms with van der Waals surface area (Å²) in [5.41, 5.74) is 11.0. The van der Waals surface area contributed by atoms with Gasteiger partial charge in [0, 0.05) is 37.6 Å². The number of phenolic OH excluding ortho intramolecular Hbond substituents is 1. The number of carboxylic acid groups (broad SMARTS) is 3. The fraction of sp³-hybridized carbons (Fsp3) is 0.523. The summed E-state index contributed by atoms with van der Waals surface area (Å²) < 4.78 is 16.5. The molecule has 3 saturated heterocycles. The molecule has 6 rings (SSSR count). The van der Waals surface area contributed by atoms with Crippen LogP contribution in [-0.2, 0) is 84.6 Å². The molecule has 0 aliphatic carbocycles. The number of hydrogen-bond acceptors (Lipinski definition) is 27. The number of nitro groups is 1. The van der Waals surface area contributed by atoms with Crippen molar-refractivity contribution in [2.45, 2.75) is 188 Å². The van der Waals surface area contributed by atoms with Gasteiger partial charge < -0.3 is 129 Å². The van der Waals surface area contributed by atoms with Gasteiger partial charge >= 0.3 is 23.6 Å². The van der Waals surface area contributed by atoms with E-state index in [2.05, 4.69) is 37.2 Å². The van der Waals surface area contributed by atoms with Crippen LogP contribution in [0.15, 0.2) is 72.8 Å². The molecule has 41 heteroatoms. The number of anilines is 1. The van der Waals surface area contributed by atoms with E-state index in [4.69, 9.17) is 25.7 Å². The number of nitro benzene ring substituents is 1. The number of phenols is 1. The number of primary amides is 1. The van der Waals surface area contributed by atoms with Gasteiger partial charge in [0.25, 0.3) is 5.91 Å². The molecular weight excluding hydrogens is 1410 g/mol. The number of para-hydroxylation sites is 1. The largest absolute Gasteiger partial charge is 0.502 e. The summed E-state index contributed by atoms with van der Waals surface area (Å²) in [6, 6.07) is 1.64. The second-order valence-corrected chi connectivity index (χ2v) is 25.6. The lowest BCUT2D eigenvalue weighted by atomic mass is 9.96. The first-order chi connectivity index (χ1) is 50.0. The summed E-state index contributed by atoms with van der Waals surface area (Å²) in [5.74, 6) is -18.9. The molecule has 3 aromatic carbocycles. The van der Waals surface area contributed by atoms with E-state index in [9.17, 15) is 129 Å². The van der Waals surface area contributed by atoms with Crippen molar-refractivity contribution in [3.63, 3.8) is 0 Å². The Labute approximate surface area is 601 Å². The molecule has 106 heavy (non-hydrogen) atoms. The Hall–Kier alpha value is -10.6. The van der Waals surface area contributed by atoms with Crippen molar-refractivity contribution in [1.29, 1.82) is 0 Å². The van der Waals surface area contributed by atoms with Gasteiger partial charge in [-0.15, -0.1) is 0 Å². The summed E-state index contributed by atoms with van der Waals surface area (Å²) in [4.78, 5) is 190. The van der Waals surface area contributed by atoms with Gasteiger partial charge in [0.15, 0.2) is 18.3 Å². The zero-order chi connectivity index (χ0) is 78.5. The zero-order valence-electron chi connectivity index (χ0n) is 56.9. The number of rotatable bonds is 37. The van der Waals surface area contributed by atoms with E-state index in [1.807, 2.05) is 5.32 Å². The number of aliphatic hydroxyl groups excluding tert-OH is 7. The van der Waals surface area contributed by atoms with Gasteiger partial charge in [-0.3, -0.25) is 67.6 Å². The Morgan fingerprint density at radius 2 is 1.17 bits per heavy atom. The fourth-order valence-electron chi connectivity index (χ4n) is 11.7. The third-order valence-electron chi connectivity index (χ3n) is 17.2. The standard InChI is InChI=1S/C65H86N12O29/c1-28(2)19-34(73-61(98)40-13-8-18-76(40)63(99)33(15-17-45(67)81)68-57(94)35(20-29-9-4-3-5-10-29)69-55(92)31-11-6-7-12-32(31)66)56(93)72-38(24-47(83)84)60(97)71-37(59(96)70-36(58(95)74-39(64(100)101)25-48(85)86)21-30-14-16-42(80)41(22-30)77(102)103)23-46(82)75-62-52(90)51(89)54(44(27-79)104-62)106-65-53(91)50(88)49(87)43(26-78)105-65/h3-7,9-12,14,16,22,28,33-40,43-44,49-54,62,65,78-80,87-91H,8,13,15,17-21,23-27,66H2,1-2H3,(H2,67,81)(H,68,94)(H,69,92)(H,70,96)(H,71,97)(H,72,93)(H,73,98)(H,74,95)(H,75,82)(H,83,84)(H,85,86)(H,100,101)/t33-,34-,35-,36-,37-,38-,39-,40-,43+,44+,49-,50-,51+,52+,53+,54+,62+,65-/m0/s1. The Balaban J connectivity index is 1.28. The third-order valence-corrected chi connectivity index (χ3v) is 17.2. The first-order valence-corrected chi connectivity index (χ1v) is 33.1. The minimum Gasteiger partial charge on any atom is -0.502 e. The molecule has 3 aromatic rings. The Morgan fingerprint density at radius 1 is 0.623 bits per heavy atom. The van der Waals surface area contributed by atoms with Gasteiger partial charge in [0.1, 0.15) is 97.2 Å². The maximum atomic E-state index is 14.7. The Bertz CT molecular complexity index is 3680. The molecule has 3 aliphatic rings. The van der Waals surface area contributed by atoms with Gasteiger partial charge in [0.05, 0.1) is 43.0 Å². The molecule has 3 aliphatic heterocycles. The van der Waals surface area contributed by atoms with Crippen molar-refractivity contribution in [2.24, 2.45) is 11.7 Å². The minimum atomic E-state index is -2.46. The number of hydrogen-bond donors (Lipinski definition) is 21. The van der Waals surface area contributed by atoms with E-state index >= 15 is 0 Å². The second kappa shape index (κ2) is 38.9. The van der Waals surface area contributed by atoms with Crippen molar-refractivity contribution in [3.05, 3.63) is 99.6 Å². The van der Waals surface area contributed by atoms with E-state index in [-0.39, 0.29) is 49.0 Å². The number of amides is 10. The summed E-state index contributed by atoms with van der Waals surface area (Å²) in [5, 5.41) is 143. The number of likely N-dealkylation sites (tertiary alicyclic amines) is 1. The van der Waals surface area contributed by atoms with Crippen LogP contribution in [0.2, 0.25) is 0 Å². The first kappa shape index (κ1) is 84.3. The topological polar surface area (TPSA) is 667 Å². The number of nitrogens with two attached hydrogens (primary N) is 2. The molecule has 0 spiro atoms. The lowest BCUT2D eigenvalue weighted by Gasteiger charge is -2.46. The first-order valence-electron chi connectivity index (χ1n) is 33.1. The molecule has 0 bridgehead atoms. The molecule has 41 nitrogen and oxygen atoms in total. The van der Waals surface area contributed by atoms with Crippen LogP contribution in [0.4, 0.5) is 11.4 Å². The van der Waals surface area contributed by atoms with Crippen LogP contribution in [0.25, 0.3) is 0 Å². The number of carbonyl (C=O) groups is 13. The Morgan fingerprint density at radius 3 is 1.75 bits per heavy atom. The predicted octanol–water partition coefficient (Wildman–Crippen LogP) is -7.16. The van der Waals surface area contributed by atoms with Crippen LogP contribution in [0.3, 0.4) is 0 Å². The van der Waals surface area contributed by atoms with E-state index in [0.717, 1.165) is 17.0 Å². The molecule has 0 saturated carbocycles. The van der Waals surface area contributed by atoms with Gasteiger partial charge in [-0.25, -0.2) is 4.79 Å². The number of nitrogen functional groups attached to an aromatic ring is 1. The van der Waals surface area contributed by atoms with E-state index in [0.29, 0.717) is 11.6 Å². The maximum Gasteiger partial charge on any atom is 0.326 e. The highest BCUT2D eigenvalue weighted by Crippen LogP contribution is 2.31. The quantitative estimate of drug-likeness (QED) is 0.0145. The molecule has 3 heterocycles. The van der Waals surface area contributed by atoms with Crippen molar-refractivity contribution < 1.29 is 138 Å². The summed E-state index contributed by atoms with van der Waals surface area (Å²) >= 11 is 0. The summed E-state index contributed by atoms with van der Waals surface area (Å²) in [6.45, 7) is 0.980. The number of carboxylic acids is 3. The number of carbonyl (C=O) groups excluding carboxylic acids is 10. The molecule has 10 amide bonds. The third kappa shape index (κ3) is 23.4. The van der Waals surface area contributed by atoms with Crippen molar-refractivity contribution in [3.8, 4) is 5.75 Å². The lowest BCUT2D eigenvalue weighted by Crippen LogP contribution is -2.67. The minimum absolute atomic E-state index is 0.0246. The van der Waals surface area contributed by atoms with E-state index in [1.165, 1.54) is 12.1 Å². The normalized spacial score (nSPS) is 23.3. The molecule has 23 N–H and O–H groups in total. The maximum absolute atomic E-state index is 14.7. The predicted molar refractivity (Wildman–Crippen MR) is 356 cm³/mol. The highest BCUT2D eigenvalue weighted by atomic mass is 16.7. The fourth-order valence-corrected chi connectivity index (χ4v) is 11.7. The number of aromatic hydroxyl groups is 1. The summed E-state index contributed by atoms with van der Waals surface area (Å²) in [6.07, 6.45) is -26.1. The van der Waals surface area contributed by atoms with Crippen molar-refractivity contribution in [2.75, 3.05) is 25.5 Å². The van der Waals surface area contributed by atoms with Gasteiger partial charge in [-0.1, -0.05) is 62.4 Å². The summed E-state index contributed by atoms with van der Waals surface area (Å²) in [7, 11) is 0. The molecule has 0 aromatic heterocycles. The molecular formula is C65H86N12O29. The molecule has 3 fully saturated rings. The average molecular weight is 1500 g/mol. The molecule has 18 atom stereocenters. The van der Waals surface area contributed by atoms with Crippen molar-refractivity contribution >= 4 is 88.4 Å². The van der Waals surface area contributed by atoms with Gasteiger partial charge in [-0.2, -0.15) is 0 Å². The molecule has 580 valence electrons. The Kier molecular flexibility index (Phi) is 31.0. The molecule has 0 radical (unpaired) electrons. The van der Waals surface area contributed by atoms with Crippen LogP contribution in [0.1, 0.15) is 86.7 Å². The van der Waals surface area contributed by atoms with E-state index < -0.39 is 261 Å². The number of aliphatic hydroxyl groups is 7. The van der Waals surface area contributed by atoms with Crippen LogP contribution < -0.4 is 54.0 Å². The number of aliphatic carboxylic acids is 3. The van der Waals surface area contributed by atoms with Crippen LogP contribution in [0.5, 0.6) is 5.75 Å². The van der Waals surface area contributed by atoms with Gasteiger partial charge in [-0.05, 0) is 60.9 Å². The van der Waals surface area contributed by atoms with Crippen LogP contribution in [0, 0.1) is 16.0 Å². The van der Waals surface area contributed by atoms with Gasteiger partial charge in [0.2, 0.25) is 53.2 Å². The van der Waals surface area contributed by atoms with Crippen molar-refractivity contribution in [1.82, 2.24) is 47.4 Å². The highest BCUT2D eigenvalue weighted by Gasteiger charge is 2.51. The van der Waals surface area contributed by atoms with E-state index in [1.54, 1.807) is 56.3 Å². The average Bonchev–Trinajstić information content (AvgIpc) is 1.03. The number of nitrogens with one attached hydrogen (secondary N) is 8. The van der Waals surface area contributed by atoms with Crippen LogP contribution >= 0.6 is 0 Å². The second-order valence-electron chi connectivity index (χ2n) is 25.6. The molecule has 0 unspecified atom stereocenters.